The van der Waals surface area contributed by atoms with Gasteiger partial charge >= 0.3 is 0 Å². The highest BCUT2D eigenvalue weighted by atomic mass is 32.2. The van der Waals surface area contributed by atoms with Crippen molar-refractivity contribution in [3.63, 3.8) is 0 Å². The lowest BCUT2D eigenvalue weighted by molar-refractivity contribution is 0.935. The molecule has 1 unspecified atom stereocenters. The number of benzene rings is 1. The lowest BCUT2D eigenvalue weighted by Crippen LogP contribution is -2.19. The summed E-state index contributed by atoms with van der Waals surface area (Å²) in [7, 11) is 2.18. The average Bonchev–Trinajstić information content (AvgIpc) is 2.67. The number of nitrogens with zero attached hydrogens (tertiary/aromatic N) is 1. The number of thiophene rings is 1. The fourth-order valence-corrected chi connectivity index (χ4v) is 4.46. The molecule has 2 aromatic rings. The molecule has 0 N–H and O–H groups in total. The number of anilines is 1. The second-order valence-corrected chi connectivity index (χ2v) is 5.92. The van der Waals surface area contributed by atoms with Gasteiger partial charge in [0.2, 0.25) is 0 Å². The van der Waals surface area contributed by atoms with Crippen LogP contribution in [0.15, 0.2) is 29.2 Å². The predicted octanol–water partition coefficient (Wildman–Crippen LogP) is 3.79. The summed E-state index contributed by atoms with van der Waals surface area (Å²) in [5.41, 5.74) is 0. The van der Waals surface area contributed by atoms with E-state index in [1.54, 1.807) is 0 Å². The van der Waals surface area contributed by atoms with Gasteiger partial charge in [0, 0.05) is 17.1 Å². The van der Waals surface area contributed by atoms with Gasteiger partial charge in [-0.2, -0.15) is 0 Å². The van der Waals surface area contributed by atoms with Crippen LogP contribution in [-0.2, 0) is 0 Å². The first-order valence-corrected chi connectivity index (χ1v) is 6.38. The van der Waals surface area contributed by atoms with Crippen LogP contribution in [0.2, 0.25) is 0 Å². The minimum atomic E-state index is 0.584. The van der Waals surface area contributed by atoms with Crippen molar-refractivity contribution in [2.45, 2.75) is 17.2 Å². The summed E-state index contributed by atoms with van der Waals surface area (Å²) in [6, 6.07) is 8.67. The summed E-state index contributed by atoms with van der Waals surface area (Å²) < 4.78 is 1.41. The first-order chi connectivity index (χ1) is 6.77. The van der Waals surface area contributed by atoms with Crippen LogP contribution in [0.3, 0.4) is 0 Å². The third kappa shape index (κ3) is 1.03. The summed E-state index contributed by atoms with van der Waals surface area (Å²) in [5, 5.41) is 3.44. The molecule has 1 aromatic carbocycles. The Morgan fingerprint density at radius 1 is 1.29 bits per heavy atom. The highest BCUT2D eigenvalue weighted by Crippen LogP contribution is 2.51. The molecule has 3 rings (SSSR count). The second kappa shape index (κ2) is 2.91. The molecular formula is C11H11NS2. The van der Waals surface area contributed by atoms with Crippen molar-refractivity contribution in [1.29, 1.82) is 0 Å². The van der Waals surface area contributed by atoms with Crippen molar-refractivity contribution >= 4 is 38.2 Å². The van der Waals surface area contributed by atoms with Gasteiger partial charge in [-0.15, -0.1) is 11.3 Å². The summed E-state index contributed by atoms with van der Waals surface area (Å²) in [6.45, 7) is 2.26. The first kappa shape index (κ1) is 8.62. The van der Waals surface area contributed by atoms with E-state index in [0.29, 0.717) is 5.37 Å². The molecule has 0 amide bonds. The fourth-order valence-electron chi connectivity index (χ4n) is 1.77. The lowest BCUT2D eigenvalue weighted by atomic mass is 10.3. The maximum absolute atomic E-state index is 2.37. The molecule has 0 bridgehead atoms. The number of rotatable bonds is 0. The Kier molecular flexibility index (Phi) is 1.79. The number of hydrogen-bond donors (Lipinski definition) is 0. The van der Waals surface area contributed by atoms with E-state index in [0.717, 1.165) is 0 Å². The van der Waals surface area contributed by atoms with Gasteiger partial charge in [0.1, 0.15) is 5.00 Å². The molecule has 0 fully saturated rings. The first-order valence-electron chi connectivity index (χ1n) is 4.68. The Bertz CT molecular complexity index is 489. The number of fused-ring (bicyclic) bond motifs is 3. The minimum absolute atomic E-state index is 0.584. The largest absolute Gasteiger partial charge is 0.354 e. The van der Waals surface area contributed by atoms with Crippen molar-refractivity contribution in [3.05, 3.63) is 24.3 Å². The van der Waals surface area contributed by atoms with Gasteiger partial charge in [-0.3, -0.25) is 0 Å². The summed E-state index contributed by atoms with van der Waals surface area (Å²) in [4.78, 5) is 3.84. The molecule has 1 aromatic heterocycles. The quantitative estimate of drug-likeness (QED) is 0.666. The lowest BCUT2D eigenvalue weighted by Gasteiger charge is -2.15. The summed E-state index contributed by atoms with van der Waals surface area (Å²) in [6.07, 6.45) is 0. The molecule has 0 radical (unpaired) electrons. The number of thioether (sulfide) groups is 1. The molecule has 1 aliphatic heterocycles. The van der Waals surface area contributed by atoms with Crippen molar-refractivity contribution in [1.82, 2.24) is 0 Å². The Morgan fingerprint density at radius 3 is 2.93 bits per heavy atom. The SMILES string of the molecule is CC1Sc2c(sc3ccccc23)N1C. The molecule has 0 spiro atoms. The summed E-state index contributed by atoms with van der Waals surface area (Å²) in [5.74, 6) is 0. The zero-order valence-corrected chi connectivity index (χ0v) is 9.78. The normalized spacial score (nSPS) is 20.4. The van der Waals surface area contributed by atoms with E-state index in [2.05, 4.69) is 43.1 Å². The zero-order chi connectivity index (χ0) is 9.71. The Morgan fingerprint density at radius 2 is 2.07 bits per heavy atom. The van der Waals surface area contributed by atoms with Crippen LogP contribution in [0.4, 0.5) is 5.00 Å². The minimum Gasteiger partial charge on any atom is -0.354 e. The highest BCUT2D eigenvalue weighted by molar-refractivity contribution is 8.01. The molecule has 1 aliphatic rings. The van der Waals surface area contributed by atoms with Crippen molar-refractivity contribution in [2.24, 2.45) is 0 Å². The third-order valence-electron chi connectivity index (χ3n) is 2.69. The summed E-state index contributed by atoms with van der Waals surface area (Å²) >= 11 is 3.87. The van der Waals surface area contributed by atoms with Crippen molar-refractivity contribution in [2.75, 3.05) is 11.9 Å². The van der Waals surface area contributed by atoms with Crippen LogP contribution in [0, 0.1) is 0 Å². The maximum atomic E-state index is 2.37. The molecule has 3 heteroatoms. The second-order valence-electron chi connectivity index (χ2n) is 3.56. The van der Waals surface area contributed by atoms with Gasteiger partial charge in [-0.1, -0.05) is 30.0 Å². The molecule has 0 aliphatic carbocycles. The Balaban J connectivity index is 2.31. The van der Waals surface area contributed by atoms with Gasteiger partial charge in [0.15, 0.2) is 0 Å². The van der Waals surface area contributed by atoms with Gasteiger partial charge in [-0.25, -0.2) is 0 Å². The van der Waals surface area contributed by atoms with E-state index in [9.17, 15) is 0 Å². The standard InChI is InChI=1S/C11H11NS2/c1-7-12(2)11-10(13-7)8-5-3-4-6-9(8)14-11/h3-7H,1-2H3. The van der Waals surface area contributed by atoms with Crippen LogP contribution >= 0.6 is 23.1 Å². The maximum Gasteiger partial charge on any atom is 0.107 e. The number of hydrogen-bond acceptors (Lipinski definition) is 3. The van der Waals surface area contributed by atoms with Gasteiger partial charge in [-0.05, 0) is 13.0 Å². The van der Waals surface area contributed by atoms with E-state index >= 15 is 0 Å². The average molecular weight is 221 g/mol. The molecule has 14 heavy (non-hydrogen) atoms. The Hall–Kier alpha value is -0.670. The van der Waals surface area contributed by atoms with E-state index in [4.69, 9.17) is 0 Å². The van der Waals surface area contributed by atoms with E-state index in [-0.39, 0.29) is 0 Å². The van der Waals surface area contributed by atoms with E-state index in [1.165, 1.54) is 20.0 Å². The molecule has 1 atom stereocenters. The molecule has 1 nitrogen and oxygen atoms in total. The van der Waals surface area contributed by atoms with Gasteiger partial charge in [0.25, 0.3) is 0 Å². The zero-order valence-electron chi connectivity index (χ0n) is 8.15. The third-order valence-corrected chi connectivity index (χ3v) is 5.38. The van der Waals surface area contributed by atoms with Crippen LogP contribution in [0.25, 0.3) is 10.1 Å². The van der Waals surface area contributed by atoms with Crippen molar-refractivity contribution in [3.8, 4) is 0 Å². The highest BCUT2D eigenvalue weighted by Gasteiger charge is 2.27. The van der Waals surface area contributed by atoms with Crippen LogP contribution in [0.5, 0.6) is 0 Å². The van der Waals surface area contributed by atoms with Gasteiger partial charge in [0.05, 0.1) is 10.3 Å². The predicted molar refractivity (Wildman–Crippen MR) is 65.5 cm³/mol. The van der Waals surface area contributed by atoms with Crippen molar-refractivity contribution < 1.29 is 0 Å². The molecule has 2 heterocycles. The van der Waals surface area contributed by atoms with E-state index in [1.807, 2.05) is 23.1 Å². The fraction of sp³-hybridized carbons (Fsp3) is 0.273. The molecule has 72 valence electrons. The molecular weight excluding hydrogens is 210 g/mol. The van der Waals surface area contributed by atoms with Crippen LogP contribution in [-0.4, -0.2) is 12.4 Å². The molecule has 0 saturated heterocycles. The van der Waals surface area contributed by atoms with Crippen LogP contribution < -0.4 is 4.90 Å². The smallest absolute Gasteiger partial charge is 0.107 e. The molecule has 0 saturated carbocycles. The van der Waals surface area contributed by atoms with Gasteiger partial charge < -0.3 is 4.90 Å². The van der Waals surface area contributed by atoms with E-state index < -0.39 is 0 Å². The van der Waals surface area contributed by atoms with Crippen LogP contribution in [0.1, 0.15) is 6.92 Å². The monoisotopic (exact) mass is 221 g/mol. The topological polar surface area (TPSA) is 3.24 Å². The Labute approximate surface area is 91.7 Å².